The molecular formula is C23H37N3O3. The average molecular weight is 404 g/mol. The molecule has 2 heterocycles. The minimum absolute atomic E-state index is 0.168. The molecule has 6 heteroatoms. The Kier molecular flexibility index (Phi) is 8.77. The van der Waals surface area contributed by atoms with Crippen LogP contribution in [0.5, 0.6) is 5.75 Å². The fourth-order valence-electron chi connectivity index (χ4n) is 4.30. The van der Waals surface area contributed by atoms with Gasteiger partial charge in [0.15, 0.2) is 0 Å². The van der Waals surface area contributed by atoms with Crippen LogP contribution in [0.3, 0.4) is 0 Å². The third-order valence-corrected chi connectivity index (χ3v) is 5.95. The Bertz CT molecular complexity index is 632. The minimum Gasteiger partial charge on any atom is -0.491 e. The Balaban J connectivity index is 1.44. The maximum Gasteiger partial charge on any atom is 0.219 e. The number of ether oxygens (including phenoxy) is 1. The summed E-state index contributed by atoms with van der Waals surface area (Å²) in [5.74, 6) is 0.985. The monoisotopic (exact) mass is 403 g/mol. The molecule has 0 bridgehead atoms. The van der Waals surface area contributed by atoms with Crippen LogP contribution < -0.4 is 4.74 Å². The number of benzene rings is 1. The summed E-state index contributed by atoms with van der Waals surface area (Å²) in [7, 11) is 0. The van der Waals surface area contributed by atoms with Crippen molar-refractivity contribution in [2.24, 2.45) is 0 Å². The molecule has 1 unspecified atom stereocenters. The van der Waals surface area contributed by atoms with Gasteiger partial charge < -0.3 is 19.6 Å². The molecule has 0 aromatic heterocycles. The molecule has 1 atom stereocenters. The van der Waals surface area contributed by atoms with Crippen molar-refractivity contribution in [3.63, 3.8) is 0 Å². The van der Waals surface area contributed by atoms with E-state index in [1.54, 1.807) is 6.92 Å². The molecule has 0 radical (unpaired) electrons. The number of carbonyl (C=O) groups is 1. The second kappa shape index (κ2) is 11.5. The van der Waals surface area contributed by atoms with Crippen LogP contribution in [-0.2, 0) is 11.3 Å². The molecule has 29 heavy (non-hydrogen) atoms. The van der Waals surface area contributed by atoms with Gasteiger partial charge in [0.2, 0.25) is 5.91 Å². The highest BCUT2D eigenvalue weighted by Gasteiger charge is 2.17. The molecule has 1 N–H and O–H groups in total. The zero-order valence-corrected chi connectivity index (χ0v) is 17.9. The number of rotatable bonds is 7. The van der Waals surface area contributed by atoms with Crippen molar-refractivity contribution in [1.29, 1.82) is 0 Å². The summed E-state index contributed by atoms with van der Waals surface area (Å²) < 4.78 is 5.90. The van der Waals surface area contributed by atoms with Crippen LogP contribution in [0.4, 0.5) is 0 Å². The number of carbonyl (C=O) groups excluding carboxylic acids is 1. The SMILES string of the molecule is CC(=O)N1CCCN(Cc2cccc(OCC(O)CN3CCCCCC3)c2)CC1. The lowest BCUT2D eigenvalue weighted by Gasteiger charge is -2.23. The quantitative estimate of drug-likeness (QED) is 0.757. The molecular weight excluding hydrogens is 366 g/mol. The van der Waals surface area contributed by atoms with Gasteiger partial charge in [-0.1, -0.05) is 25.0 Å². The highest BCUT2D eigenvalue weighted by Crippen LogP contribution is 2.17. The van der Waals surface area contributed by atoms with Crippen molar-refractivity contribution >= 4 is 5.91 Å². The first-order chi connectivity index (χ1) is 14.1. The summed E-state index contributed by atoms with van der Waals surface area (Å²) in [5.41, 5.74) is 1.21. The number of hydrogen-bond donors (Lipinski definition) is 1. The van der Waals surface area contributed by atoms with E-state index in [-0.39, 0.29) is 5.91 Å². The lowest BCUT2D eigenvalue weighted by Crippen LogP contribution is -2.36. The van der Waals surface area contributed by atoms with Crippen molar-refractivity contribution in [2.45, 2.75) is 51.7 Å². The summed E-state index contributed by atoms with van der Waals surface area (Å²) >= 11 is 0. The van der Waals surface area contributed by atoms with E-state index in [0.717, 1.165) is 58.0 Å². The Hall–Kier alpha value is -1.63. The normalized spacial score (nSPS) is 20.7. The first-order valence-corrected chi connectivity index (χ1v) is 11.2. The summed E-state index contributed by atoms with van der Waals surface area (Å²) in [5, 5.41) is 10.4. The molecule has 1 amide bonds. The van der Waals surface area contributed by atoms with E-state index in [2.05, 4.69) is 21.9 Å². The van der Waals surface area contributed by atoms with Gasteiger partial charge in [-0.2, -0.15) is 0 Å². The van der Waals surface area contributed by atoms with E-state index in [9.17, 15) is 9.90 Å². The van der Waals surface area contributed by atoms with Crippen molar-refractivity contribution in [2.75, 3.05) is 52.4 Å². The number of amides is 1. The predicted molar refractivity (Wildman–Crippen MR) is 115 cm³/mol. The Morgan fingerprint density at radius 3 is 2.52 bits per heavy atom. The van der Waals surface area contributed by atoms with Gasteiger partial charge >= 0.3 is 0 Å². The predicted octanol–water partition coefficient (Wildman–Crippen LogP) is 2.36. The van der Waals surface area contributed by atoms with Gasteiger partial charge in [0.1, 0.15) is 18.5 Å². The number of hydrogen-bond acceptors (Lipinski definition) is 5. The topological polar surface area (TPSA) is 56.3 Å². The highest BCUT2D eigenvalue weighted by molar-refractivity contribution is 5.73. The van der Waals surface area contributed by atoms with E-state index < -0.39 is 6.10 Å². The van der Waals surface area contributed by atoms with E-state index in [1.807, 2.05) is 17.0 Å². The maximum absolute atomic E-state index is 11.6. The number of aliphatic hydroxyl groups is 1. The zero-order valence-electron chi connectivity index (χ0n) is 17.9. The fraction of sp³-hybridized carbons (Fsp3) is 0.696. The molecule has 2 aliphatic rings. The molecule has 2 aliphatic heterocycles. The highest BCUT2D eigenvalue weighted by atomic mass is 16.5. The van der Waals surface area contributed by atoms with Crippen molar-refractivity contribution < 1.29 is 14.6 Å². The van der Waals surface area contributed by atoms with Crippen molar-refractivity contribution in [3.05, 3.63) is 29.8 Å². The van der Waals surface area contributed by atoms with Gasteiger partial charge in [0, 0.05) is 46.2 Å². The summed E-state index contributed by atoms with van der Waals surface area (Å²) in [4.78, 5) is 18.3. The number of nitrogens with zero attached hydrogens (tertiary/aromatic N) is 3. The van der Waals surface area contributed by atoms with Crippen LogP contribution in [0.1, 0.15) is 44.6 Å². The first kappa shape index (κ1) is 22.1. The third kappa shape index (κ3) is 7.61. The van der Waals surface area contributed by atoms with Gasteiger partial charge in [-0.3, -0.25) is 9.69 Å². The molecule has 0 saturated carbocycles. The van der Waals surface area contributed by atoms with E-state index in [4.69, 9.17) is 4.74 Å². The molecule has 162 valence electrons. The van der Waals surface area contributed by atoms with Gasteiger partial charge in [0.05, 0.1) is 0 Å². The number of likely N-dealkylation sites (tertiary alicyclic amines) is 1. The maximum atomic E-state index is 11.6. The van der Waals surface area contributed by atoms with Gasteiger partial charge in [-0.25, -0.2) is 0 Å². The van der Waals surface area contributed by atoms with Gasteiger partial charge in [0.25, 0.3) is 0 Å². The Morgan fingerprint density at radius 2 is 1.76 bits per heavy atom. The van der Waals surface area contributed by atoms with Crippen LogP contribution in [0.25, 0.3) is 0 Å². The van der Waals surface area contributed by atoms with E-state index in [1.165, 1.54) is 31.2 Å². The summed E-state index contributed by atoms with van der Waals surface area (Å²) in [6.45, 7) is 9.27. The van der Waals surface area contributed by atoms with E-state index in [0.29, 0.717) is 13.2 Å². The molecule has 2 saturated heterocycles. The van der Waals surface area contributed by atoms with Crippen LogP contribution in [-0.4, -0.2) is 84.2 Å². The second-order valence-corrected chi connectivity index (χ2v) is 8.46. The third-order valence-electron chi connectivity index (χ3n) is 5.95. The molecule has 2 fully saturated rings. The van der Waals surface area contributed by atoms with Crippen molar-refractivity contribution in [3.8, 4) is 5.75 Å². The van der Waals surface area contributed by atoms with Gasteiger partial charge in [-0.05, 0) is 50.0 Å². The molecule has 3 rings (SSSR count). The first-order valence-electron chi connectivity index (χ1n) is 11.2. The van der Waals surface area contributed by atoms with E-state index >= 15 is 0 Å². The molecule has 0 spiro atoms. The van der Waals surface area contributed by atoms with Crippen molar-refractivity contribution in [1.82, 2.24) is 14.7 Å². The Morgan fingerprint density at radius 1 is 1.00 bits per heavy atom. The Labute approximate surface area is 175 Å². The van der Waals surface area contributed by atoms with Crippen LogP contribution in [0.2, 0.25) is 0 Å². The lowest BCUT2D eigenvalue weighted by atomic mass is 10.2. The fourth-order valence-corrected chi connectivity index (χ4v) is 4.30. The molecule has 1 aromatic carbocycles. The molecule has 6 nitrogen and oxygen atoms in total. The molecule has 0 aliphatic carbocycles. The van der Waals surface area contributed by atoms with Crippen LogP contribution >= 0.6 is 0 Å². The van der Waals surface area contributed by atoms with Crippen LogP contribution in [0, 0.1) is 0 Å². The number of aliphatic hydroxyl groups excluding tert-OH is 1. The number of β-amino-alcohol motifs (C(OH)–C–C–N with tert-alkyl or cyclic N) is 1. The molecule has 1 aromatic rings. The largest absolute Gasteiger partial charge is 0.491 e. The lowest BCUT2D eigenvalue weighted by molar-refractivity contribution is -0.128. The van der Waals surface area contributed by atoms with Crippen LogP contribution in [0.15, 0.2) is 24.3 Å². The smallest absolute Gasteiger partial charge is 0.219 e. The summed E-state index contributed by atoms with van der Waals surface area (Å²) in [6.07, 6.45) is 5.63. The average Bonchev–Trinajstić information content (AvgIpc) is 3.10. The van der Waals surface area contributed by atoms with Gasteiger partial charge in [-0.15, -0.1) is 0 Å². The summed E-state index contributed by atoms with van der Waals surface area (Å²) in [6, 6.07) is 8.17. The standard InChI is InChI=1S/C23H37N3O3/c1-20(27)26-13-7-12-25(14-15-26)17-21-8-6-9-23(16-21)29-19-22(28)18-24-10-4-2-3-5-11-24/h6,8-9,16,22,28H,2-5,7,10-15,17-19H2,1H3. The minimum atomic E-state index is -0.458. The zero-order chi connectivity index (χ0) is 20.5. The second-order valence-electron chi connectivity index (χ2n) is 8.46.